The summed E-state index contributed by atoms with van der Waals surface area (Å²) in [5.74, 6) is 0. The van der Waals surface area contributed by atoms with E-state index in [2.05, 4.69) is 19.2 Å². The van der Waals surface area contributed by atoms with Gasteiger partial charge in [0, 0.05) is 19.3 Å². The third-order valence-corrected chi connectivity index (χ3v) is 2.84. The zero-order valence-corrected chi connectivity index (χ0v) is 11.9. The molecule has 0 aromatic heterocycles. The Morgan fingerprint density at radius 3 is 2.53 bits per heavy atom. The lowest BCUT2D eigenvalue weighted by atomic mass is 10.2. The van der Waals surface area contributed by atoms with E-state index in [0.717, 1.165) is 37.9 Å². The van der Waals surface area contributed by atoms with Crippen molar-refractivity contribution in [2.75, 3.05) is 13.1 Å². The number of rotatable bonds is 7. The van der Waals surface area contributed by atoms with E-state index in [0.29, 0.717) is 0 Å². The fourth-order valence-corrected chi connectivity index (χ4v) is 1.80. The highest BCUT2D eigenvalue weighted by Gasteiger charge is 2.09. The van der Waals surface area contributed by atoms with Gasteiger partial charge < -0.3 is 10.2 Å². The highest BCUT2D eigenvalue weighted by atomic mass is 16.2. The SMILES string of the molecule is CCCCN(CCC)C(=O)N/C=C/c1ccccc1. The molecule has 0 saturated heterocycles. The lowest BCUT2D eigenvalue weighted by molar-refractivity contribution is 0.200. The monoisotopic (exact) mass is 260 g/mol. The Balaban J connectivity index is 2.45. The van der Waals surface area contributed by atoms with Gasteiger partial charge in [-0.05, 0) is 24.5 Å². The molecule has 0 saturated carbocycles. The molecule has 0 spiro atoms. The van der Waals surface area contributed by atoms with Crippen LogP contribution in [0.3, 0.4) is 0 Å². The average molecular weight is 260 g/mol. The minimum absolute atomic E-state index is 0.0116. The Labute approximate surface area is 116 Å². The summed E-state index contributed by atoms with van der Waals surface area (Å²) in [7, 11) is 0. The smallest absolute Gasteiger partial charge is 0.321 e. The highest BCUT2D eigenvalue weighted by molar-refractivity contribution is 5.76. The van der Waals surface area contributed by atoms with Crippen LogP contribution in [0.25, 0.3) is 6.08 Å². The Hall–Kier alpha value is -1.77. The van der Waals surface area contributed by atoms with Gasteiger partial charge in [-0.2, -0.15) is 0 Å². The van der Waals surface area contributed by atoms with Crippen molar-refractivity contribution in [2.45, 2.75) is 33.1 Å². The van der Waals surface area contributed by atoms with E-state index in [1.54, 1.807) is 6.20 Å². The second-order valence-corrected chi connectivity index (χ2v) is 4.53. The number of hydrogen-bond donors (Lipinski definition) is 1. The van der Waals surface area contributed by atoms with E-state index in [1.165, 1.54) is 0 Å². The van der Waals surface area contributed by atoms with Crippen molar-refractivity contribution in [3.05, 3.63) is 42.1 Å². The number of benzene rings is 1. The number of urea groups is 1. The van der Waals surface area contributed by atoms with Crippen LogP contribution in [-0.2, 0) is 0 Å². The van der Waals surface area contributed by atoms with Gasteiger partial charge in [-0.25, -0.2) is 4.79 Å². The number of carbonyl (C=O) groups excluding carboxylic acids is 1. The highest BCUT2D eigenvalue weighted by Crippen LogP contribution is 2.01. The Bertz CT molecular complexity index is 387. The van der Waals surface area contributed by atoms with Gasteiger partial charge in [0.15, 0.2) is 0 Å². The lowest BCUT2D eigenvalue weighted by Gasteiger charge is -2.21. The van der Waals surface area contributed by atoms with Gasteiger partial charge in [0.2, 0.25) is 0 Å². The minimum Gasteiger partial charge on any atom is -0.325 e. The van der Waals surface area contributed by atoms with Crippen LogP contribution in [0.4, 0.5) is 4.79 Å². The van der Waals surface area contributed by atoms with Crippen LogP contribution >= 0.6 is 0 Å². The molecule has 0 aliphatic carbocycles. The molecule has 1 rings (SSSR count). The van der Waals surface area contributed by atoms with Gasteiger partial charge >= 0.3 is 6.03 Å². The molecule has 104 valence electrons. The van der Waals surface area contributed by atoms with Crippen LogP contribution < -0.4 is 5.32 Å². The molecular weight excluding hydrogens is 236 g/mol. The van der Waals surface area contributed by atoms with Gasteiger partial charge in [0.25, 0.3) is 0 Å². The van der Waals surface area contributed by atoms with Crippen molar-refractivity contribution < 1.29 is 4.79 Å². The van der Waals surface area contributed by atoms with Crippen molar-refractivity contribution in [1.29, 1.82) is 0 Å². The number of nitrogens with one attached hydrogen (secondary N) is 1. The van der Waals surface area contributed by atoms with Crippen LogP contribution in [0.15, 0.2) is 36.5 Å². The molecule has 1 aromatic rings. The normalized spacial score (nSPS) is 10.6. The van der Waals surface area contributed by atoms with E-state index in [4.69, 9.17) is 0 Å². The summed E-state index contributed by atoms with van der Waals surface area (Å²) in [6.07, 6.45) is 6.76. The molecule has 3 heteroatoms. The van der Waals surface area contributed by atoms with Gasteiger partial charge in [0.1, 0.15) is 0 Å². The molecule has 0 aliphatic heterocycles. The fourth-order valence-electron chi connectivity index (χ4n) is 1.80. The topological polar surface area (TPSA) is 32.3 Å². The van der Waals surface area contributed by atoms with Crippen LogP contribution in [0, 0.1) is 0 Å². The maximum absolute atomic E-state index is 12.0. The zero-order valence-electron chi connectivity index (χ0n) is 11.9. The molecule has 0 atom stereocenters. The molecule has 1 N–H and O–H groups in total. The molecule has 0 unspecified atom stereocenters. The lowest BCUT2D eigenvalue weighted by Crippen LogP contribution is -2.38. The van der Waals surface area contributed by atoms with Crippen molar-refractivity contribution in [1.82, 2.24) is 10.2 Å². The third-order valence-electron chi connectivity index (χ3n) is 2.84. The van der Waals surface area contributed by atoms with Crippen LogP contribution in [0.1, 0.15) is 38.7 Å². The Morgan fingerprint density at radius 2 is 1.89 bits per heavy atom. The van der Waals surface area contributed by atoms with Crippen LogP contribution in [0.2, 0.25) is 0 Å². The van der Waals surface area contributed by atoms with Crippen molar-refractivity contribution in [2.24, 2.45) is 0 Å². The molecule has 19 heavy (non-hydrogen) atoms. The van der Waals surface area contributed by atoms with Crippen LogP contribution in [-0.4, -0.2) is 24.0 Å². The predicted octanol–water partition coefficient (Wildman–Crippen LogP) is 3.88. The fraction of sp³-hybridized carbons (Fsp3) is 0.438. The number of amides is 2. The molecular formula is C16H24N2O. The van der Waals surface area contributed by atoms with E-state index < -0.39 is 0 Å². The van der Waals surface area contributed by atoms with Gasteiger partial charge in [0.05, 0.1) is 0 Å². The maximum Gasteiger partial charge on any atom is 0.321 e. The molecule has 1 aromatic carbocycles. The van der Waals surface area contributed by atoms with Crippen molar-refractivity contribution >= 4 is 12.1 Å². The Morgan fingerprint density at radius 1 is 1.16 bits per heavy atom. The quantitative estimate of drug-likeness (QED) is 0.792. The zero-order chi connectivity index (χ0) is 13.9. The number of unbranched alkanes of at least 4 members (excludes halogenated alkanes) is 1. The first-order chi connectivity index (χ1) is 9.27. The molecule has 3 nitrogen and oxygen atoms in total. The average Bonchev–Trinajstić information content (AvgIpc) is 2.44. The van der Waals surface area contributed by atoms with Gasteiger partial charge in [-0.1, -0.05) is 50.6 Å². The van der Waals surface area contributed by atoms with E-state index in [-0.39, 0.29) is 6.03 Å². The predicted molar refractivity (Wildman–Crippen MR) is 80.8 cm³/mol. The summed E-state index contributed by atoms with van der Waals surface area (Å²) in [6.45, 7) is 5.86. The minimum atomic E-state index is -0.0116. The van der Waals surface area contributed by atoms with Crippen molar-refractivity contribution in [3.63, 3.8) is 0 Å². The molecule has 0 radical (unpaired) electrons. The molecule has 0 heterocycles. The second kappa shape index (κ2) is 9.20. The second-order valence-electron chi connectivity index (χ2n) is 4.53. The maximum atomic E-state index is 12.0. The first-order valence-corrected chi connectivity index (χ1v) is 7.05. The van der Waals surface area contributed by atoms with E-state index in [9.17, 15) is 4.79 Å². The molecule has 0 fully saturated rings. The first kappa shape index (κ1) is 15.3. The van der Waals surface area contributed by atoms with Gasteiger partial charge in [-0.3, -0.25) is 0 Å². The van der Waals surface area contributed by atoms with Gasteiger partial charge in [-0.15, -0.1) is 0 Å². The summed E-state index contributed by atoms with van der Waals surface area (Å²) in [6, 6.07) is 9.93. The number of nitrogens with zero attached hydrogens (tertiary/aromatic N) is 1. The summed E-state index contributed by atoms with van der Waals surface area (Å²) in [5.41, 5.74) is 1.08. The van der Waals surface area contributed by atoms with Crippen molar-refractivity contribution in [3.8, 4) is 0 Å². The molecule has 0 aliphatic rings. The van der Waals surface area contributed by atoms with Crippen LogP contribution in [0.5, 0.6) is 0 Å². The molecule has 0 bridgehead atoms. The molecule has 2 amide bonds. The summed E-state index contributed by atoms with van der Waals surface area (Å²) < 4.78 is 0. The summed E-state index contributed by atoms with van der Waals surface area (Å²) in [5, 5.41) is 2.83. The standard InChI is InChI=1S/C16H24N2O/c1-3-5-14-18(13-4-2)16(19)17-12-11-15-9-7-6-8-10-15/h6-12H,3-5,13-14H2,1-2H3,(H,17,19)/b12-11+. The summed E-state index contributed by atoms with van der Waals surface area (Å²) >= 11 is 0. The summed E-state index contributed by atoms with van der Waals surface area (Å²) in [4.78, 5) is 13.9. The van der Waals surface area contributed by atoms with E-state index in [1.807, 2.05) is 41.3 Å². The first-order valence-electron chi connectivity index (χ1n) is 7.05. The van der Waals surface area contributed by atoms with E-state index >= 15 is 0 Å². The number of carbonyl (C=O) groups is 1. The third kappa shape index (κ3) is 6.09. The largest absolute Gasteiger partial charge is 0.325 e. The number of hydrogen-bond acceptors (Lipinski definition) is 1. The Kier molecular flexibility index (Phi) is 7.40.